The van der Waals surface area contributed by atoms with E-state index in [1.807, 2.05) is 54.6 Å². The van der Waals surface area contributed by atoms with Gasteiger partial charge in [0.1, 0.15) is 12.4 Å². The molecule has 0 aromatic heterocycles. The van der Waals surface area contributed by atoms with Gasteiger partial charge in [-0.1, -0.05) is 110 Å². The lowest BCUT2D eigenvalue weighted by atomic mass is 9.79. The molecular weight excluding hydrogens is 543 g/mol. The van der Waals surface area contributed by atoms with Crippen LogP contribution < -0.4 is 0 Å². The first-order chi connectivity index (χ1) is 15.0. The van der Waals surface area contributed by atoms with Crippen LogP contribution in [0.1, 0.15) is 28.7 Å². The van der Waals surface area contributed by atoms with Gasteiger partial charge in [0, 0.05) is 22.3 Å². The molecule has 1 unspecified atom stereocenters. The zero-order valence-corrected chi connectivity index (χ0v) is 20.6. The number of ether oxygens (including phenoxy) is 1. The fraction of sp³-hybridized carbons (Fsp3) is 0.154. The summed E-state index contributed by atoms with van der Waals surface area (Å²) in [6, 6.07) is 23.0. The van der Waals surface area contributed by atoms with E-state index in [1.165, 1.54) is 6.07 Å². The van der Waals surface area contributed by atoms with Gasteiger partial charge in [0.15, 0.2) is 0 Å². The zero-order valence-electron chi connectivity index (χ0n) is 16.6. The Bertz CT molecular complexity index is 1140. The molecule has 4 rings (SSSR count). The molecular formula is C26H20Br2ClFO. The maximum Gasteiger partial charge on any atom is 0.132 e. The molecule has 0 aliphatic heterocycles. The molecule has 1 atom stereocenters. The molecule has 0 saturated carbocycles. The van der Waals surface area contributed by atoms with E-state index in [9.17, 15) is 4.39 Å². The Balaban J connectivity index is 1.76. The summed E-state index contributed by atoms with van der Waals surface area (Å²) in [4.78, 5) is 0. The second-order valence-corrected chi connectivity index (χ2v) is 9.73. The molecule has 0 heterocycles. The first-order valence-electron chi connectivity index (χ1n) is 9.88. The van der Waals surface area contributed by atoms with Crippen LogP contribution in [-0.2, 0) is 21.0 Å². The van der Waals surface area contributed by atoms with Crippen LogP contribution in [0.2, 0.25) is 5.02 Å². The number of benzene rings is 3. The highest BCUT2D eigenvalue weighted by Gasteiger charge is 2.40. The predicted octanol–water partition coefficient (Wildman–Crippen LogP) is 8.55. The molecule has 1 aliphatic carbocycles. The van der Waals surface area contributed by atoms with Crippen molar-refractivity contribution in [2.45, 2.75) is 22.7 Å². The highest BCUT2D eigenvalue weighted by molar-refractivity contribution is 9.10. The monoisotopic (exact) mass is 560 g/mol. The Kier molecular flexibility index (Phi) is 7.00. The van der Waals surface area contributed by atoms with Crippen molar-refractivity contribution in [3.63, 3.8) is 0 Å². The van der Waals surface area contributed by atoms with E-state index in [1.54, 1.807) is 12.1 Å². The molecule has 0 spiro atoms. The molecule has 0 amide bonds. The average molecular weight is 563 g/mol. The van der Waals surface area contributed by atoms with Gasteiger partial charge in [-0.3, -0.25) is 0 Å². The molecule has 0 fully saturated rings. The van der Waals surface area contributed by atoms with Crippen LogP contribution >= 0.6 is 43.5 Å². The number of hydrogen-bond acceptors (Lipinski definition) is 1. The fourth-order valence-corrected chi connectivity index (χ4v) is 5.48. The second kappa shape index (κ2) is 9.72. The second-order valence-electron chi connectivity index (χ2n) is 7.38. The molecule has 0 bridgehead atoms. The third kappa shape index (κ3) is 4.82. The summed E-state index contributed by atoms with van der Waals surface area (Å²) in [6.45, 7) is 0.480. The van der Waals surface area contributed by atoms with E-state index < -0.39 is 4.32 Å². The van der Waals surface area contributed by atoms with Gasteiger partial charge in [-0.2, -0.15) is 0 Å². The highest BCUT2D eigenvalue weighted by atomic mass is 79.9. The number of allylic oxidation sites excluding steroid dienone is 4. The van der Waals surface area contributed by atoms with Gasteiger partial charge in [0.25, 0.3) is 0 Å². The van der Waals surface area contributed by atoms with Crippen LogP contribution in [0, 0.1) is 5.82 Å². The van der Waals surface area contributed by atoms with Crippen LogP contribution in [0.25, 0.3) is 5.57 Å². The van der Waals surface area contributed by atoms with Crippen LogP contribution in [-0.4, -0.2) is 0 Å². The molecule has 0 radical (unpaired) electrons. The first kappa shape index (κ1) is 22.3. The summed E-state index contributed by atoms with van der Waals surface area (Å²) in [5, 5.41) is 1.07. The van der Waals surface area contributed by atoms with Crippen molar-refractivity contribution in [2.75, 3.05) is 0 Å². The van der Waals surface area contributed by atoms with Crippen molar-refractivity contribution in [1.82, 2.24) is 0 Å². The van der Waals surface area contributed by atoms with Crippen molar-refractivity contribution in [3.8, 4) is 0 Å². The van der Waals surface area contributed by atoms with Crippen LogP contribution in [0.15, 0.2) is 90.7 Å². The summed E-state index contributed by atoms with van der Waals surface area (Å²) in [5.74, 6) is 0.490. The lowest BCUT2D eigenvalue weighted by molar-refractivity contribution is 0.185. The molecule has 31 heavy (non-hydrogen) atoms. The number of alkyl halides is 2. The Morgan fingerprint density at radius 2 is 1.71 bits per heavy atom. The highest BCUT2D eigenvalue weighted by Crippen LogP contribution is 2.52. The lowest BCUT2D eigenvalue weighted by Gasteiger charge is -2.36. The lowest BCUT2D eigenvalue weighted by Crippen LogP contribution is -2.26. The smallest absolute Gasteiger partial charge is 0.132 e. The largest absolute Gasteiger partial charge is 0.493 e. The summed E-state index contributed by atoms with van der Waals surface area (Å²) in [7, 11) is 0. The minimum absolute atomic E-state index is 0.346. The number of halogens is 4. The molecule has 3 aromatic carbocycles. The van der Waals surface area contributed by atoms with E-state index >= 15 is 0 Å². The van der Waals surface area contributed by atoms with Gasteiger partial charge in [-0.15, -0.1) is 0 Å². The minimum Gasteiger partial charge on any atom is -0.493 e. The van der Waals surface area contributed by atoms with Crippen molar-refractivity contribution in [2.24, 2.45) is 0 Å². The average Bonchev–Trinajstić information content (AvgIpc) is 2.79. The topological polar surface area (TPSA) is 9.23 Å². The van der Waals surface area contributed by atoms with Gasteiger partial charge in [0.05, 0.1) is 10.1 Å². The standard InChI is InChI=1S/C26H20Br2ClFO/c27-16-19-8-4-5-9-23(19)26(28)15-21(31-17-18-6-2-1-3-7-18)11-13-24(26)22-12-10-20(29)14-25(22)30/h1-14H,15-17H2. The Hall–Kier alpha value is -1.88. The van der Waals surface area contributed by atoms with Crippen molar-refractivity contribution < 1.29 is 9.13 Å². The molecule has 158 valence electrons. The van der Waals surface area contributed by atoms with Gasteiger partial charge in [-0.25, -0.2) is 4.39 Å². The molecule has 1 aliphatic rings. The van der Waals surface area contributed by atoms with Gasteiger partial charge in [0.2, 0.25) is 0 Å². The van der Waals surface area contributed by atoms with Gasteiger partial charge >= 0.3 is 0 Å². The van der Waals surface area contributed by atoms with Crippen LogP contribution in [0.5, 0.6) is 0 Å². The molecule has 3 aromatic rings. The van der Waals surface area contributed by atoms with E-state index in [0.717, 1.165) is 28.0 Å². The third-order valence-corrected chi connectivity index (χ3v) is 7.33. The van der Waals surface area contributed by atoms with Crippen molar-refractivity contribution in [3.05, 3.63) is 124 Å². The first-order valence-corrected chi connectivity index (χ1v) is 12.2. The Morgan fingerprint density at radius 1 is 0.968 bits per heavy atom. The summed E-state index contributed by atoms with van der Waals surface area (Å²) in [5.41, 5.74) is 4.65. The van der Waals surface area contributed by atoms with E-state index in [-0.39, 0.29) is 5.82 Å². The van der Waals surface area contributed by atoms with E-state index in [0.29, 0.717) is 28.9 Å². The van der Waals surface area contributed by atoms with E-state index in [4.69, 9.17) is 16.3 Å². The normalized spacial score (nSPS) is 18.3. The maximum atomic E-state index is 14.9. The van der Waals surface area contributed by atoms with Crippen LogP contribution in [0.4, 0.5) is 4.39 Å². The quantitative estimate of drug-likeness (QED) is 0.274. The predicted molar refractivity (Wildman–Crippen MR) is 133 cm³/mol. The van der Waals surface area contributed by atoms with Crippen molar-refractivity contribution in [1.29, 1.82) is 0 Å². The van der Waals surface area contributed by atoms with Crippen molar-refractivity contribution >= 4 is 49.0 Å². The number of rotatable bonds is 6. The van der Waals surface area contributed by atoms with Gasteiger partial charge in [-0.05, 0) is 40.5 Å². The number of hydrogen-bond donors (Lipinski definition) is 0. The zero-order chi connectivity index (χ0) is 21.8. The summed E-state index contributed by atoms with van der Waals surface area (Å²) in [6.07, 6.45) is 4.43. The van der Waals surface area contributed by atoms with E-state index in [2.05, 4.69) is 44.0 Å². The molecule has 0 saturated heterocycles. The SMILES string of the molecule is Fc1cc(Cl)ccc1C1=CC=C(OCc2ccccc2)CC1(Br)c1ccccc1CBr. The summed E-state index contributed by atoms with van der Waals surface area (Å²) < 4.78 is 20.4. The Morgan fingerprint density at radius 3 is 2.45 bits per heavy atom. The molecule has 1 nitrogen and oxygen atoms in total. The third-order valence-electron chi connectivity index (χ3n) is 5.36. The van der Waals surface area contributed by atoms with Crippen LogP contribution in [0.3, 0.4) is 0 Å². The summed E-state index contributed by atoms with van der Waals surface area (Å²) >= 11 is 13.6. The van der Waals surface area contributed by atoms with Gasteiger partial charge < -0.3 is 4.74 Å². The molecule has 0 N–H and O–H groups in total. The fourth-order valence-electron chi connectivity index (χ4n) is 3.83. The maximum absolute atomic E-state index is 14.9. The molecule has 5 heteroatoms. The Labute approximate surface area is 203 Å². The minimum atomic E-state index is -0.646.